The maximum atomic E-state index is 12.5. The molecule has 0 spiro atoms. The van der Waals surface area contributed by atoms with Gasteiger partial charge in [-0.3, -0.25) is 9.79 Å². The Balaban J connectivity index is 1.45. The van der Waals surface area contributed by atoms with Crippen LogP contribution in [0.15, 0.2) is 28.9 Å². The number of likely N-dealkylation sites (tertiary alicyclic amines) is 1. The highest BCUT2D eigenvalue weighted by Gasteiger charge is 2.37. The van der Waals surface area contributed by atoms with E-state index in [1.165, 1.54) is 4.90 Å². The van der Waals surface area contributed by atoms with Gasteiger partial charge in [-0.05, 0) is 24.4 Å². The minimum Gasteiger partial charge on any atom is -0.535 e. The fourth-order valence-corrected chi connectivity index (χ4v) is 3.40. The number of amides is 1. The Bertz CT molecular complexity index is 928. The molecule has 1 fully saturated rings. The van der Waals surface area contributed by atoms with Crippen LogP contribution in [0.3, 0.4) is 0 Å². The molecule has 10 heteroatoms. The summed E-state index contributed by atoms with van der Waals surface area (Å²) in [6.07, 6.45) is 4.21. The molecule has 1 aromatic carbocycles. The van der Waals surface area contributed by atoms with Crippen LogP contribution in [-0.2, 0) is 11.2 Å². The van der Waals surface area contributed by atoms with Gasteiger partial charge in [0.25, 0.3) is 0 Å². The third-order valence-electron chi connectivity index (χ3n) is 4.91. The number of carbonyl (C=O) groups is 2. The van der Waals surface area contributed by atoms with E-state index in [-0.39, 0.29) is 35.8 Å². The molecule has 0 saturated carbocycles. The minimum absolute atomic E-state index is 0.107. The molecule has 4 N–H and O–H groups in total. The van der Waals surface area contributed by atoms with Gasteiger partial charge in [0.15, 0.2) is 0 Å². The van der Waals surface area contributed by atoms with Gasteiger partial charge in [0.1, 0.15) is 29.2 Å². The third-order valence-corrected chi connectivity index (χ3v) is 4.91. The number of carboxylic acid groups (broad SMARTS) is 1. The summed E-state index contributed by atoms with van der Waals surface area (Å²) in [4.78, 5) is 29.7. The number of aromatic carboxylic acids is 1. The molecule has 0 aromatic heterocycles. The molecule has 1 unspecified atom stereocenters. The van der Waals surface area contributed by atoms with Gasteiger partial charge in [0, 0.05) is 12.6 Å². The third kappa shape index (κ3) is 3.36. The summed E-state index contributed by atoms with van der Waals surface area (Å²) in [5.74, 6) is -1.59. The predicted octanol–water partition coefficient (Wildman–Crippen LogP) is 0.0755. The van der Waals surface area contributed by atoms with E-state index in [9.17, 15) is 19.7 Å². The van der Waals surface area contributed by atoms with E-state index in [4.69, 9.17) is 16.5 Å². The first-order chi connectivity index (χ1) is 13.8. The molecule has 1 amide bonds. The van der Waals surface area contributed by atoms with Gasteiger partial charge >= 0.3 is 13.1 Å². The number of rotatable bonds is 5. The Morgan fingerprint density at radius 1 is 1.46 bits per heavy atom. The molecule has 3 heterocycles. The van der Waals surface area contributed by atoms with Crippen LogP contribution < -0.4 is 15.1 Å². The number of aryl methyl sites for hydroxylation is 1. The average molecular weight is 386 g/mol. The fraction of sp³-hybridized carbons (Fsp3) is 0.389. The van der Waals surface area contributed by atoms with Crippen molar-refractivity contribution in [2.24, 2.45) is 10.7 Å². The lowest BCUT2D eigenvalue weighted by atomic mass is 9.78. The van der Waals surface area contributed by atoms with Crippen molar-refractivity contribution in [1.29, 1.82) is 0 Å². The smallest absolute Gasteiger partial charge is 0.522 e. The topological polar surface area (TPSA) is 135 Å². The van der Waals surface area contributed by atoms with E-state index in [1.807, 2.05) is 0 Å². The Labute approximate surface area is 163 Å². The highest BCUT2D eigenvalue weighted by molar-refractivity contribution is 6.44. The molecular formula is C18H20BN3O6. The lowest BCUT2D eigenvalue weighted by Crippen LogP contribution is -2.60. The molecule has 9 nitrogen and oxygen atoms in total. The quantitative estimate of drug-likeness (QED) is 0.610. The Morgan fingerprint density at radius 3 is 2.93 bits per heavy atom. The Hall–Kier alpha value is -2.85. The second-order valence-corrected chi connectivity index (χ2v) is 6.84. The van der Waals surface area contributed by atoms with Crippen molar-refractivity contribution < 1.29 is 30.5 Å². The number of hydrogen-bond acceptors (Lipinski definition) is 7. The number of hydrogen-bond donors (Lipinski definition) is 3. The van der Waals surface area contributed by atoms with Crippen LogP contribution >= 0.6 is 0 Å². The number of benzene rings is 1. The van der Waals surface area contributed by atoms with Crippen molar-refractivity contribution in [3.63, 3.8) is 0 Å². The molecule has 0 radical (unpaired) electrons. The van der Waals surface area contributed by atoms with E-state index in [2.05, 4.69) is 4.99 Å². The zero-order chi connectivity index (χ0) is 20.8. The highest BCUT2D eigenvalue weighted by atomic mass is 16.5. The summed E-state index contributed by atoms with van der Waals surface area (Å²) in [6, 6.07) is 1.31. The summed E-state index contributed by atoms with van der Waals surface area (Å²) < 4.78 is 19.3. The van der Waals surface area contributed by atoms with Gasteiger partial charge < -0.3 is 30.2 Å². The van der Waals surface area contributed by atoms with Crippen LogP contribution in [0.4, 0.5) is 0 Å². The number of aliphatic imine (C=N–C) groups is 1. The molecular weight excluding hydrogens is 365 g/mol. The second kappa shape index (κ2) is 7.29. The van der Waals surface area contributed by atoms with Crippen LogP contribution in [-0.4, -0.2) is 65.5 Å². The summed E-state index contributed by atoms with van der Waals surface area (Å²) in [5.41, 5.74) is 6.62. The molecule has 146 valence electrons. The van der Waals surface area contributed by atoms with Gasteiger partial charge in [0.2, 0.25) is 5.91 Å². The first-order valence-electron chi connectivity index (χ1n) is 9.49. The van der Waals surface area contributed by atoms with E-state index < -0.39 is 31.1 Å². The molecule has 4 rings (SSSR count). The highest BCUT2D eigenvalue weighted by Crippen LogP contribution is 2.37. The monoisotopic (exact) mass is 386 g/mol. The van der Waals surface area contributed by atoms with Crippen LogP contribution in [0.1, 0.15) is 23.7 Å². The zero-order valence-corrected chi connectivity index (χ0v) is 15.0. The number of carboxylic acids is 1. The number of allylic oxidation sites excluding steroid dienone is 1. The summed E-state index contributed by atoms with van der Waals surface area (Å²) in [7, 11) is -1.06. The predicted molar refractivity (Wildman–Crippen MR) is 101 cm³/mol. The SMILES string of the molecule is [2H]C(N)(C(=O)N1CC(Oc2ccc3c(c2C(=O)O)OB(O)CC3)C1)C1=CCC=N1. The first-order valence-corrected chi connectivity index (χ1v) is 8.99. The van der Waals surface area contributed by atoms with Gasteiger partial charge in [-0.2, -0.15) is 0 Å². The van der Waals surface area contributed by atoms with E-state index >= 15 is 0 Å². The van der Waals surface area contributed by atoms with Crippen molar-refractivity contribution in [1.82, 2.24) is 4.90 Å². The van der Waals surface area contributed by atoms with Crippen molar-refractivity contribution in [2.75, 3.05) is 13.1 Å². The van der Waals surface area contributed by atoms with E-state index in [0.29, 0.717) is 24.7 Å². The number of fused-ring (bicyclic) bond motifs is 1. The lowest BCUT2D eigenvalue weighted by molar-refractivity contribution is -0.140. The molecule has 1 atom stereocenters. The van der Waals surface area contributed by atoms with Crippen LogP contribution in [0.2, 0.25) is 6.32 Å². The van der Waals surface area contributed by atoms with Gasteiger partial charge in [-0.15, -0.1) is 0 Å². The molecule has 1 saturated heterocycles. The number of nitrogens with two attached hydrogens (primary N) is 1. The first kappa shape index (κ1) is 17.3. The van der Waals surface area contributed by atoms with Gasteiger partial charge in [-0.1, -0.05) is 12.1 Å². The Kier molecular flexibility index (Phi) is 4.49. The van der Waals surface area contributed by atoms with Crippen molar-refractivity contribution in [3.05, 3.63) is 35.0 Å². The normalized spacial score (nSPS) is 21.1. The van der Waals surface area contributed by atoms with Crippen molar-refractivity contribution >= 4 is 25.2 Å². The molecule has 0 aliphatic carbocycles. The molecule has 0 bridgehead atoms. The Morgan fingerprint density at radius 2 is 2.25 bits per heavy atom. The fourth-order valence-electron chi connectivity index (χ4n) is 3.40. The van der Waals surface area contributed by atoms with Crippen LogP contribution in [0.25, 0.3) is 0 Å². The van der Waals surface area contributed by atoms with Crippen LogP contribution in [0.5, 0.6) is 11.5 Å². The summed E-state index contributed by atoms with van der Waals surface area (Å²) in [6.45, 7) is 0.348. The van der Waals surface area contributed by atoms with Crippen molar-refractivity contribution in [2.45, 2.75) is 31.3 Å². The van der Waals surface area contributed by atoms with E-state index in [1.54, 1.807) is 24.4 Å². The average Bonchev–Trinajstić information content (AvgIpc) is 3.18. The van der Waals surface area contributed by atoms with E-state index in [0.717, 1.165) is 0 Å². The number of nitrogens with zero attached hydrogens (tertiary/aromatic N) is 2. The molecule has 28 heavy (non-hydrogen) atoms. The maximum Gasteiger partial charge on any atom is 0.522 e. The maximum absolute atomic E-state index is 12.5. The summed E-state index contributed by atoms with van der Waals surface area (Å²) >= 11 is 0. The summed E-state index contributed by atoms with van der Waals surface area (Å²) in [5, 5.41) is 19.3. The molecule has 1 aromatic rings. The van der Waals surface area contributed by atoms with Crippen molar-refractivity contribution in [3.8, 4) is 11.5 Å². The standard InChI is InChI=1S/C18H20BN3O6/c20-15(12-2-1-7-21-12)17(23)22-8-11(9-22)27-13-4-3-10-5-6-19(26)28-16(10)14(13)18(24)25/h2-4,7,11,15,26H,1,5-6,8-9,20H2,(H,24,25)/i15D. The largest absolute Gasteiger partial charge is 0.535 e. The second-order valence-electron chi connectivity index (χ2n) is 6.84. The molecule has 3 aliphatic heterocycles. The van der Waals surface area contributed by atoms with Crippen LogP contribution in [0, 0.1) is 0 Å². The van der Waals surface area contributed by atoms with Gasteiger partial charge in [-0.25, -0.2) is 4.79 Å². The lowest BCUT2D eigenvalue weighted by Gasteiger charge is -2.40. The van der Waals surface area contributed by atoms with Gasteiger partial charge in [0.05, 0.1) is 20.2 Å². The molecule has 3 aliphatic rings. The number of ether oxygens (including phenoxy) is 1. The minimum atomic E-state index is -1.96. The number of carbonyl (C=O) groups excluding carboxylic acids is 1. The zero-order valence-electron chi connectivity index (χ0n) is 16.0.